The van der Waals surface area contributed by atoms with Crippen molar-refractivity contribution in [3.63, 3.8) is 0 Å². The molecule has 6 amide bonds. The van der Waals surface area contributed by atoms with Gasteiger partial charge >= 0.3 is 0 Å². The molecule has 41 heavy (non-hydrogen) atoms. The molecule has 0 spiro atoms. The highest BCUT2D eigenvalue weighted by molar-refractivity contribution is 5.91. The Labute approximate surface area is 240 Å². The first-order valence-electron chi connectivity index (χ1n) is 13.7. The molecule has 0 aliphatic heterocycles. The van der Waals surface area contributed by atoms with Gasteiger partial charge in [-0.2, -0.15) is 0 Å². The molecular weight excluding hydrogens is 544 g/mol. The number of carbonyl (C=O) groups excluding carboxylic acids is 6. The summed E-state index contributed by atoms with van der Waals surface area (Å²) in [7, 11) is 0. The molecule has 0 saturated carbocycles. The minimum absolute atomic E-state index is 0.0242. The number of amides is 6. The highest BCUT2D eigenvalue weighted by Crippen LogP contribution is 1.87. The first-order valence-corrected chi connectivity index (χ1v) is 13.7. The molecule has 0 rings (SSSR count). The number of likely N-dealkylation sites (N-methyl/N-ethyl adjacent to an activating group) is 1. The monoisotopic (exact) mass is 590 g/mol. The molecule has 6 N–H and O–H groups in total. The van der Waals surface area contributed by atoms with Crippen LogP contribution < -0.4 is 31.9 Å². The van der Waals surface area contributed by atoms with Gasteiger partial charge in [0.05, 0.1) is 79.0 Å². The Kier molecular flexibility index (Phi) is 24.7. The molecule has 0 fully saturated rings. The van der Waals surface area contributed by atoms with Gasteiger partial charge in [0.25, 0.3) is 0 Å². The summed E-state index contributed by atoms with van der Waals surface area (Å²) in [5.41, 5.74) is 0. The van der Waals surface area contributed by atoms with E-state index in [9.17, 15) is 28.8 Å². The maximum absolute atomic E-state index is 11.8. The average molecular weight is 591 g/mol. The van der Waals surface area contributed by atoms with Crippen molar-refractivity contribution in [2.75, 3.05) is 92.1 Å². The smallest absolute Gasteiger partial charge is 0.239 e. The molecule has 0 heterocycles. The minimum atomic E-state index is -0.602. The molecule has 0 atom stereocenters. The highest BCUT2D eigenvalue weighted by atomic mass is 16.6. The zero-order chi connectivity index (χ0) is 30.6. The van der Waals surface area contributed by atoms with Crippen LogP contribution in [0.4, 0.5) is 0 Å². The van der Waals surface area contributed by atoms with Gasteiger partial charge in [-0.25, -0.2) is 0 Å². The maximum atomic E-state index is 11.8. The predicted molar refractivity (Wildman–Crippen MR) is 147 cm³/mol. The lowest BCUT2D eigenvalue weighted by Gasteiger charge is -2.09. The molecule has 0 unspecified atom stereocenters. The fourth-order valence-electron chi connectivity index (χ4n) is 2.76. The lowest BCUT2D eigenvalue weighted by Crippen LogP contribution is -2.45. The highest BCUT2D eigenvalue weighted by Gasteiger charge is 2.10. The fourth-order valence-corrected chi connectivity index (χ4v) is 2.76. The number of hydrogen-bond acceptors (Lipinski definition) is 10. The molecule has 236 valence electrons. The van der Waals surface area contributed by atoms with E-state index in [1.54, 1.807) is 6.92 Å². The lowest BCUT2D eigenvalue weighted by atomic mass is 10.3. The van der Waals surface area contributed by atoms with Crippen LogP contribution >= 0.6 is 0 Å². The van der Waals surface area contributed by atoms with E-state index >= 15 is 0 Å². The third-order valence-corrected chi connectivity index (χ3v) is 4.79. The number of nitrogens with one attached hydrogen (secondary N) is 6. The Hall–Kier alpha value is -3.34. The van der Waals surface area contributed by atoms with E-state index < -0.39 is 23.6 Å². The Bertz CT molecular complexity index is 784. The first kappa shape index (κ1) is 37.7. The van der Waals surface area contributed by atoms with Crippen LogP contribution in [0.25, 0.3) is 0 Å². The molecule has 0 radical (unpaired) electrons. The van der Waals surface area contributed by atoms with Crippen molar-refractivity contribution >= 4 is 35.4 Å². The Balaban J connectivity index is 3.52. The van der Waals surface area contributed by atoms with Crippen LogP contribution in [0, 0.1) is 0 Å². The summed E-state index contributed by atoms with van der Waals surface area (Å²) in [4.78, 5) is 69.3. The van der Waals surface area contributed by atoms with E-state index in [-0.39, 0.29) is 51.0 Å². The van der Waals surface area contributed by atoms with Crippen LogP contribution in [0.2, 0.25) is 0 Å². The molecule has 0 aliphatic carbocycles. The van der Waals surface area contributed by atoms with Crippen molar-refractivity contribution in [2.24, 2.45) is 0 Å². The Morgan fingerprint density at radius 2 is 0.780 bits per heavy atom. The van der Waals surface area contributed by atoms with Crippen LogP contribution in [0.15, 0.2) is 0 Å². The van der Waals surface area contributed by atoms with Gasteiger partial charge in [-0.1, -0.05) is 6.92 Å². The number of hydrogen-bond donors (Lipinski definition) is 6. The van der Waals surface area contributed by atoms with E-state index in [1.807, 2.05) is 6.92 Å². The van der Waals surface area contributed by atoms with Gasteiger partial charge in [0, 0.05) is 25.9 Å². The number of rotatable bonds is 26. The maximum Gasteiger partial charge on any atom is 0.239 e. The zero-order valence-corrected chi connectivity index (χ0v) is 24.1. The van der Waals surface area contributed by atoms with Gasteiger partial charge < -0.3 is 50.8 Å². The van der Waals surface area contributed by atoms with Gasteiger partial charge in [0.15, 0.2) is 0 Å². The second kappa shape index (κ2) is 26.9. The standard InChI is InChI=1S/C25H46N6O10/c1-3-5-20(32)27-7-9-39-11-13-41-15-14-40-12-10-38-8-6-21(33)28-17-23(35)30-19-25(37)31-18-24(36)29-16-22(34)26-4-2/h3-19H2,1-2H3,(H,26,34)(H,27,32)(H,28,33)(H,29,36)(H,30,35)(H,31,37). The van der Waals surface area contributed by atoms with Crippen LogP contribution in [0.1, 0.15) is 33.1 Å². The zero-order valence-electron chi connectivity index (χ0n) is 24.1. The third kappa shape index (κ3) is 26.6. The van der Waals surface area contributed by atoms with Crippen molar-refractivity contribution in [1.82, 2.24) is 31.9 Å². The fraction of sp³-hybridized carbons (Fsp3) is 0.760. The molecule has 0 aromatic heterocycles. The van der Waals surface area contributed by atoms with Crippen LogP contribution in [-0.4, -0.2) is 128 Å². The average Bonchev–Trinajstić information content (AvgIpc) is 2.95. The summed E-state index contributed by atoms with van der Waals surface area (Å²) in [5.74, 6) is -2.44. The van der Waals surface area contributed by atoms with E-state index in [4.69, 9.17) is 18.9 Å². The summed E-state index contributed by atoms with van der Waals surface area (Å²) in [6, 6.07) is 0. The molecular formula is C25H46N6O10. The van der Waals surface area contributed by atoms with Crippen molar-refractivity contribution in [2.45, 2.75) is 33.1 Å². The molecule has 16 heteroatoms. The van der Waals surface area contributed by atoms with Crippen LogP contribution in [0.5, 0.6) is 0 Å². The van der Waals surface area contributed by atoms with Gasteiger partial charge in [0.2, 0.25) is 35.4 Å². The molecule has 0 saturated heterocycles. The molecule has 0 bridgehead atoms. The summed E-state index contributed by atoms with van der Waals surface area (Å²) >= 11 is 0. The first-order chi connectivity index (χ1) is 19.8. The van der Waals surface area contributed by atoms with Gasteiger partial charge in [0.1, 0.15) is 0 Å². The SMILES string of the molecule is CCCC(=O)NCCOCCOCCOCCOCCC(=O)NCC(=O)NCC(=O)NCC(=O)NCC(=O)NCC. The molecule has 0 aromatic rings. The van der Waals surface area contributed by atoms with E-state index in [2.05, 4.69) is 31.9 Å². The van der Waals surface area contributed by atoms with Gasteiger partial charge in [-0.05, 0) is 13.3 Å². The Morgan fingerprint density at radius 1 is 0.415 bits per heavy atom. The van der Waals surface area contributed by atoms with Crippen molar-refractivity contribution in [3.05, 3.63) is 0 Å². The van der Waals surface area contributed by atoms with Crippen LogP contribution in [-0.2, 0) is 47.7 Å². The normalized spacial score (nSPS) is 10.4. The molecule has 0 aromatic carbocycles. The van der Waals surface area contributed by atoms with Crippen LogP contribution in [0.3, 0.4) is 0 Å². The van der Waals surface area contributed by atoms with Gasteiger partial charge in [-0.3, -0.25) is 28.8 Å². The lowest BCUT2D eigenvalue weighted by molar-refractivity contribution is -0.129. The third-order valence-electron chi connectivity index (χ3n) is 4.79. The van der Waals surface area contributed by atoms with E-state index in [0.29, 0.717) is 65.8 Å². The predicted octanol–water partition coefficient (Wildman–Crippen LogP) is -3.04. The van der Waals surface area contributed by atoms with Crippen molar-refractivity contribution < 1.29 is 47.7 Å². The summed E-state index contributed by atoms with van der Waals surface area (Å²) in [6.07, 6.45) is 1.38. The summed E-state index contributed by atoms with van der Waals surface area (Å²) in [5, 5.41) is 14.6. The van der Waals surface area contributed by atoms with Gasteiger partial charge in [-0.15, -0.1) is 0 Å². The summed E-state index contributed by atoms with van der Waals surface area (Å²) in [6.45, 7) is 6.21. The topological polar surface area (TPSA) is 212 Å². The second-order valence-electron chi connectivity index (χ2n) is 8.36. The molecule has 16 nitrogen and oxygen atoms in total. The number of ether oxygens (including phenoxy) is 4. The van der Waals surface area contributed by atoms with Crippen molar-refractivity contribution in [3.8, 4) is 0 Å². The largest absolute Gasteiger partial charge is 0.379 e. The summed E-state index contributed by atoms with van der Waals surface area (Å²) < 4.78 is 21.4. The van der Waals surface area contributed by atoms with Crippen molar-refractivity contribution in [1.29, 1.82) is 0 Å². The quantitative estimate of drug-likeness (QED) is 0.0561. The Morgan fingerprint density at radius 3 is 1.22 bits per heavy atom. The van der Waals surface area contributed by atoms with E-state index in [0.717, 1.165) is 6.42 Å². The van der Waals surface area contributed by atoms with E-state index in [1.165, 1.54) is 0 Å². The molecule has 0 aliphatic rings. The second-order valence-corrected chi connectivity index (χ2v) is 8.36. The minimum Gasteiger partial charge on any atom is -0.379 e. The number of carbonyl (C=O) groups is 6.